The quantitative estimate of drug-likeness (QED) is 0.876. The van der Waals surface area contributed by atoms with E-state index in [1.807, 2.05) is 17.9 Å². The van der Waals surface area contributed by atoms with E-state index in [2.05, 4.69) is 60.6 Å². The van der Waals surface area contributed by atoms with E-state index in [1.165, 1.54) is 10.6 Å². The third-order valence-corrected chi connectivity index (χ3v) is 4.94. The van der Waals surface area contributed by atoms with Gasteiger partial charge in [-0.1, -0.05) is 0 Å². The van der Waals surface area contributed by atoms with Gasteiger partial charge in [-0.25, -0.2) is 0 Å². The van der Waals surface area contributed by atoms with Crippen molar-refractivity contribution in [2.24, 2.45) is 0 Å². The molecule has 6 heteroatoms. The van der Waals surface area contributed by atoms with Crippen LogP contribution in [0.3, 0.4) is 0 Å². The lowest BCUT2D eigenvalue weighted by molar-refractivity contribution is 0.566. The summed E-state index contributed by atoms with van der Waals surface area (Å²) >= 11 is 8.81. The van der Waals surface area contributed by atoms with Gasteiger partial charge in [-0.15, -0.1) is 11.3 Å². The van der Waals surface area contributed by atoms with Gasteiger partial charge >= 0.3 is 0 Å². The van der Waals surface area contributed by atoms with Crippen molar-refractivity contribution in [2.75, 3.05) is 7.05 Å². The van der Waals surface area contributed by atoms with Gasteiger partial charge in [-0.2, -0.15) is 5.10 Å². The fourth-order valence-corrected chi connectivity index (χ4v) is 3.89. The molecule has 0 spiro atoms. The van der Waals surface area contributed by atoms with Crippen LogP contribution in [0.4, 0.5) is 0 Å². The molecule has 0 fully saturated rings. The fraction of sp³-hybridized carbons (Fsp3) is 0.364. The minimum absolute atomic E-state index is 0.170. The standard InChI is InChI=1S/C11H13Br2N3S/c1-3-16-11(8(13)5-15-16)10(14-2)9-4-7(12)6-17-9/h4-6,10,14H,3H2,1-2H3. The predicted molar refractivity (Wildman–Crippen MR) is 78.5 cm³/mol. The SMILES string of the molecule is CCn1ncc(Br)c1C(NC)c1cc(Br)cs1. The maximum absolute atomic E-state index is 4.36. The zero-order chi connectivity index (χ0) is 12.4. The smallest absolute Gasteiger partial charge is 0.0851 e. The molecule has 2 heterocycles. The first-order valence-electron chi connectivity index (χ1n) is 5.29. The summed E-state index contributed by atoms with van der Waals surface area (Å²) in [7, 11) is 1.97. The molecule has 0 saturated heterocycles. The normalized spacial score (nSPS) is 12.9. The molecule has 1 N–H and O–H groups in total. The molecule has 0 bridgehead atoms. The molecule has 0 amide bonds. The van der Waals surface area contributed by atoms with E-state index in [1.54, 1.807) is 11.3 Å². The van der Waals surface area contributed by atoms with Crippen molar-refractivity contribution in [3.05, 3.63) is 37.2 Å². The van der Waals surface area contributed by atoms with Crippen molar-refractivity contribution in [3.8, 4) is 0 Å². The molecule has 3 nitrogen and oxygen atoms in total. The van der Waals surface area contributed by atoms with Gasteiger partial charge in [0, 0.05) is 21.3 Å². The Bertz CT molecular complexity index is 507. The Kier molecular flexibility index (Phi) is 4.41. The summed E-state index contributed by atoms with van der Waals surface area (Å²) in [5.74, 6) is 0. The lowest BCUT2D eigenvalue weighted by Gasteiger charge is -2.16. The Hall–Kier alpha value is -0.170. The summed E-state index contributed by atoms with van der Waals surface area (Å²) in [6.07, 6.45) is 1.85. The molecule has 1 unspecified atom stereocenters. The molecule has 0 aliphatic rings. The van der Waals surface area contributed by atoms with Gasteiger partial charge in [0.15, 0.2) is 0 Å². The third-order valence-electron chi connectivity index (χ3n) is 2.57. The van der Waals surface area contributed by atoms with Crippen LogP contribution in [0.2, 0.25) is 0 Å². The van der Waals surface area contributed by atoms with Crippen LogP contribution in [0.5, 0.6) is 0 Å². The van der Waals surface area contributed by atoms with Crippen LogP contribution < -0.4 is 5.32 Å². The molecule has 2 aromatic rings. The second-order valence-electron chi connectivity index (χ2n) is 3.58. The van der Waals surface area contributed by atoms with Crippen LogP contribution in [-0.2, 0) is 6.54 Å². The lowest BCUT2D eigenvalue weighted by atomic mass is 10.1. The Labute approximate surface area is 121 Å². The van der Waals surface area contributed by atoms with E-state index in [4.69, 9.17) is 0 Å². The van der Waals surface area contributed by atoms with Crippen molar-refractivity contribution in [1.82, 2.24) is 15.1 Å². The summed E-state index contributed by atoms with van der Waals surface area (Å²) in [5, 5.41) is 9.80. The molecule has 0 aliphatic heterocycles. The predicted octanol–water partition coefficient (Wildman–Crippen LogP) is 3.80. The number of aromatic nitrogens is 2. The minimum atomic E-state index is 0.170. The summed E-state index contributed by atoms with van der Waals surface area (Å²) in [5.41, 5.74) is 1.17. The number of hydrogen-bond acceptors (Lipinski definition) is 3. The molecule has 2 aromatic heterocycles. The average molecular weight is 379 g/mol. The van der Waals surface area contributed by atoms with E-state index in [-0.39, 0.29) is 6.04 Å². The minimum Gasteiger partial charge on any atom is -0.307 e. The van der Waals surface area contributed by atoms with Gasteiger partial charge in [0.25, 0.3) is 0 Å². The molecule has 2 rings (SSSR count). The Morgan fingerprint density at radius 2 is 2.29 bits per heavy atom. The lowest BCUT2D eigenvalue weighted by Crippen LogP contribution is -2.20. The molecule has 92 valence electrons. The summed E-state index contributed by atoms with van der Waals surface area (Å²) in [6.45, 7) is 2.96. The zero-order valence-electron chi connectivity index (χ0n) is 9.58. The summed E-state index contributed by atoms with van der Waals surface area (Å²) < 4.78 is 4.18. The van der Waals surface area contributed by atoms with Crippen molar-refractivity contribution in [3.63, 3.8) is 0 Å². The molecule has 0 saturated carbocycles. The number of hydrogen-bond donors (Lipinski definition) is 1. The van der Waals surface area contributed by atoms with Crippen LogP contribution in [0.15, 0.2) is 26.6 Å². The maximum Gasteiger partial charge on any atom is 0.0851 e. The first kappa shape index (κ1) is 13.3. The second-order valence-corrected chi connectivity index (χ2v) is 6.30. The Morgan fingerprint density at radius 1 is 1.53 bits per heavy atom. The van der Waals surface area contributed by atoms with Crippen LogP contribution in [-0.4, -0.2) is 16.8 Å². The van der Waals surface area contributed by atoms with E-state index < -0.39 is 0 Å². The fourth-order valence-electron chi connectivity index (χ4n) is 1.80. The van der Waals surface area contributed by atoms with Crippen molar-refractivity contribution in [1.29, 1.82) is 0 Å². The van der Waals surface area contributed by atoms with Gasteiger partial charge in [-0.05, 0) is 51.9 Å². The monoisotopic (exact) mass is 377 g/mol. The van der Waals surface area contributed by atoms with Gasteiger partial charge in [0.2, 0.25) is 0 Å². The number of nitrogens with one attached hydrogen (secondary N) is 1. The molecular weight excluding hydrogens is 366 g/mol. The highest BCUT2D eigenvalue weighted by Gasteiger charge is 2.21. The van der Waals surface area contributed by atoms with Gasteiger partial charge < -0.3 is 5.32 Å². The van der Waals surface area contributed by atoms with E-state index in [9.17, 15) is 0 Å². The highest BCUT2D eigenvalue weighted by Crippen LogP contribution is 2.33. The number of aryl methyl sites for hydroxylation is 1. The van der Waals surface area contributed by atoms with Crippen LogP contribution >= 0.6 is 43.2 Å². The van der Waals surface area contributed by atoms with Crippen molar-refractivity contribution in [2.45, 2.75) is 19.5 Å². The van der Waals surface area contributed by atoms with Crippen LogP contribution in [0, 0.1) is 0 Å². The van der Waals surface area contributed by atoms with Crippen LogP contribution in [0.1, 0.15) is 23.5 Å². The summed E-state index contributed by atoms with van der Waals surface area (Å²) in [6, 6.07) is 2.31. The van der Waals surface area contributed by atoms with E-state index >= 15 is 0 Å². The Morgan fingerprint density at radius 3 is 2.82 bits per heavy atom. The molecular formula is C11H13Br2N3S. The number of rotatable bonds is 4. The van der Waals surface area contributed by atoms with E-state index in [0.29, 0.717) is 0 Å². The number of thiophene rings is 1. The first-order valence-corrected chi connectivity index (χ1v) is 7.76. The molecule has 17 heavy (non-hydrogen) atoms. The van der Waals surface area contributed by atoms with Crippen molar-refractivity contribution < 1.29 is 0 Å². The highest BCUT2D eigenvalue weighted by atomic mass is 79.9. The van der Waals surface area contributed by atoms with Crippen LogP contribution in [0.25, 0.3) is 0 Å². The maximum atomic E-state index is 4.36. The molecule has 0 aromatic carbocycles. The molecule has 1 atom stereocenters. The summed E-state index contributed by atoms with van der Waals surface area (Å²) in [4.78, 5) is 1.27. The van der Waals surface area contributed by atoms with Gasteiger partial charge in [0.05, 0.1) is 22.4 Å². The topological polar surface area (TPSA) is 29.9 Å². The first-order chi connectivity index (χ1) is 8.17. The van der Waals surface area contributed by atoms with Gasteiger partial charge in [-0.3, -0.25) is 4.68 Å². The number of halogens is 2. The largest absolute Gasteiger partial charge is 0.307 e. The third kappa shape index (κ3) is 2.65. The highest BCUT2D eigenvalue weighted by molar-refractivity contribution is 9.10. The molecule has 0 aliphatic carbocycles. The average Bonchev–Trinajstić information content (AvgIpc) is 2.89. The Balaban J connectivity index is 2.44. The van der Waals surface area contributed by atoms with Crippen molar-refractivity contribution >= 4 is 43.2 Å². The molecule has 0 radical (unpaired) electrons. The number of nitrogens with zero attached hydrogens (tertiary/aromatic N) is 2. The zero-order valence-corrected chi connectivity index (χ0v) is 13.6. The second kappa shape index (κ2) is 5.65. The van der Waals surface area contributed by atoms with Gasteiger partial charge in [0.1, 0.15) is 0 Å². The van der Waals surface area contributed by atoms with E-state index in [0.717, 1.165) is 15.5 Å².